The Balaban J connectivity index is 2.13. The fourth-order valence-electron chi connectivity index (χ4n) is 1.93. The molecule has 2 aromatic heterocycles. The molecule has 2 N–H and O–H groups in total. The Kier molecular flexibility index (Phi) is 2.50. The fourth-order valence-corrected chi connectivity index (χ4v) is 2.94. The van der Waals surface area contributed by atoms with Crippen LogP contribution >= 0.6 is 11.3 Å². The van der Waals surface area contributed by atoms with Crippen LogP contribution in [0, 0.1) is 0 Å². The van der Waals surface area contributed by atoms with Crippen molar-refractivity contribution in [3.8, 4) is 10.6 Å². The third kappa shape index (κ3) is 1.83. The predicted molar refractivity (Wildman–Crippen MR) is 74.7 cm³/mol. The van der Waals surface area contributed by atoms with Gasteiger partial charge in [0.1, 0.15) is 10.6 Å². The van der Waals surface area contributed by atoms with Gasteiger partial charge in [-0.1, -0.05) is 18.2 Å². The normalized spacial score (nSPS) is 12.2. The summed E-state index contributed by atoms with van der Waals surface area (Å²) in [5, 5.41) is 14.0. The molecule has 3 rings (SSSR count). The lowest BCUT2D eigenvalue weighted by Gasteiger charge is -2.12. The Morgan fingerprint density at radius 2 is 2.06 bits per heavy atom. The Hall–Kier alpha value is -1.65. The topological polar surface area (TPSA) is 48.9 Å². The van der Waals surface area contributed by atoms with Gasteiger partial charge < -0.3 is 10.1 Å². The van der Waals surface area contributed by atoms with E-state index in [0.717, 1.165) is 21.5 Å². The highest BCUT2D eigenvalue weighted by Crippen LogP contribution is 2.33. The minimum atomic E-state index is -0.888. The third-order valence-electron chi connectivity index (χ3n) is 2.95. The minimum absolute atomic E-state index is 0.716. The largest absolute Gasteiger partial charge is 0.384 e. The average molecular weight is 258 g/mol. The molecule has 0 aliphatic carbocycles. The number of hydrogen-bond donors (Lipinski definition) is 2. The first-order valence-corrected chi connectivity index (χ1v) is 6.68. The molecular weight excluding hydrogens is 244 g/mol. The zero-order valence-corrected chi connectivity index (χ0v) is 11.1. The lowest BCUT2D eigenvalue weighted by atomic mass is 10.1. The number of H-pyrrole nitrogens is 1. The molecule has 3 aromatic rings. The van der Waals surface area contributed by atoms with Gasteiger partial charge in [-0.25, -0.2) is 4.98 Å². The number of rotatable bonds is 2. The number of benzene rings is 1. The number of hydrogen-bond acceptors (Lipinski definition) is 3. The van der Waals surface area contributed by atoms with Gasteiger partial charge in [0.2, 0.25) is 0 Å². The van der Waals surface area contributed by atoms with Gasteiger partial charge in [0.15, 0.2) is 0 Å². The molecule has 18 heavy (non-hydrogen) atoms. The van der Waals surface area contributed by atoms with E-state index in [1.165, 1.54) is 0 Å². The number of aliphatic hydroxyl groups is 1. The van der Waals surface area contributed by atoms with Crippen LogP contribution in [-0.2, 0) is 5.60 Å². The zero-order chi connectivity index (χ0) is 12.8. The van der Waals surface area contributed by atoms with Crippen LogP contribution in [0.3, 0.4) is 0 Å². The number of para-hydroxylation sites is 1. The van der Waals surface area contributed by atoms with Gasteiger partial charge in [-0.2, -0.15) is 0 Å². The van der Waals surface area contributed by atoms with Crippen LogP contribution in [-0.4, -0.2) is 15.1 Å². The summed E-state index contributed by atoms with van der Waals surface area (Å²) < 4.78 is 0. The zero-order valence-electron chi connectivity index (χ0n) is 10.3. The van der Waals surface area contributed by atoms with Crippen molar-refractivity contribution in [2.45, 2.75) is 19.4 Å². The molecule has 4 heteroatoms. The number of aromatic nitrogens is 2. The molecule has 3 nitrogen and oxygen atoms in total. The summed E-state index contributed by atoms with van der Waals surface area (Å²) in [5.74, 6) is 0. The van der Waals surface area contributed by atoms with Crippen LogP contribution in [0.15, 0.2) is 35.8 Å². The molecule has 92 valence electrons. The van der Waals surface area contributed by atoms with Gasteiger partial charge in [0, 0.05) is 28.0 Å². The number of nitrogens with zero attached hydrogens (tertiary/aromatic N) is 1. The maximum Gasteiger partial charge on any atom is 0.125 e. The monoisotopic (exact) mass is 258 g/mol. The van der Waals surface area contributed by atoms with Gasteiger partial charge in [-0.15, -0.1) is 11.3 Å². The van der Waals surface area contributed by atoms with Crippen molar-refractivity contribution in [1.82, 2.24) is 9.97 Å². The summed E-state index contributed by atoms with van der Waals surface area (Å²) in [6.07, 6.45) is 1.97. The molecule has 0 atom stereocenters. The maximum absolute atomic E-state index is 9.95. The van der Waals surface area contributed by atoms with Gasteiger partial charge in [-0.3, -0.25) is 0 Å². The molecule has 0 unspecified atom stereocenters. The van der Waals surface area contributed by atoms with E-state index in [1.807, 2.05) is 29.8 Å². The molecule has 2 heterocycles. The molecule has 0 bridgehead atoms. The quantitative estimate of drug-likeness (QED) is 0.739. The summed E-state index contributed by atoms with van der Waals surface area (Å²) >= 11 is 1.56. The summed E-state index contributed by atoms with van der Waals surface area (Å²) in [6.45, 7) is 3.50. The molecule has 0 saturated carbocycles. The first-order chi connectivity index (χ1) is 8.55. The van der Waals surface area contributed by atoms with Crippen molar-refractivity contribution in [2.24, 2.45) is 0 Å². The van der Waals surface area contributed by atoms with Crippen molar-refractivity contribution in [3.63, 3.8) is 0 Å². The molecule has 1 aromatic carbocycles. The Labute approximate surface area is 109 Å². The molecule has 0 radical (unpaired) electrons. The first-order valence-electron chi connectivity index (χ1n) is 5.80. The van der Waals surface area contributed by atoms with Crippen molar-refractivity contribution >= 4 is 22.2 Å². The summed E-state index contributed by atoms with van der Waals surface area (Å²) in [7, 11) is 0. The lowest BCUT2D eigenvalue weighted by Crippen LogP contribution is -2.15. The maximum atomic E-state index is 9.95. The van der Waals surface area contributed by atoms with Crippen LogP contribution in [0.25, 0.3) is 21.5 Å². The average Bonchev–Trinajstić information content (AvgIpc) is 2.94. The van der Waals surface area contributed by atoms with Crippen LogP contribution < -0.4 is 0 Å². The summed E-state index contributed by atoms with van der Waals surface area (Å²) in [4.78, 5) is 7.76. The second kappa shape index (κ2) is 3.93. The standard InChI is InChI=1S/C14H14N2OS/c1-14(2,17)12-8-18-13(16-12)10-7-15-11-6-4-3-5-9(10)11/h3-8,15,17H,1-2H3. The van der Waals surface area contributed by atoms with Gasteiger partial charge in [0.25, 0.3) is 0 Å². The van der Waals surface area contributed by atoms with Crippen molar-refractivity contribution in [1.29, 1.82) is 0 Å². The van der Waals surface area contributed by atoms with Crippen LogP contribution in [0.2, 0.25) is 0 Å². The number of thiazole rings is 1. The van der Waals surface area contributed by atoms with Gasteiger partial charge in [0.05, 0.1) is 5.69 Å². The second-order valence-corrected chi connectivity index (χ2v) is 5.70. The van der Waals surface area contributed by atoms with E-state index in [0.29, 0.717) is 5.69 Å². The van der Waals surface area contributed by atoms with Gasteiger partial charge >= 0.3 is 0 Å². The third-order valence-corrected chi connectivity index (χ3v) is 3.83. The van der Waals surface area contributed by atoms with Crippen LogP contribution in [0.4, 0.5) is 0 Å². The fraction of sp³-hybridized carbons (Fsp3) is 0.214. The first kappa shape index (κ1) is 11.4. The summed E-state index contributed by atoms with van der Waals surface area (Å²) in [5.41, 5.74) is 2.02. The van der Waals surface area contributed by atoms with E-state index < -0.39 is 5.60 Å². The van der Waals surface area contributed by atoms with Crippen molar-refractivity contribution < 1.29 is 5.11 Å². The lowest BCUT2D eigenvalue weighted by molar-refractivity contribution is 0.0746. The Morgan fingerprint density at radius 1 is 1.28 bits per heavy atom. The summed E-state index contributed by atoms with van der Waals surface area (Å²) in [6, 6.07) is 8.15. The number of fused-ring (bicyclic) bond motifs is 1. The molecule has 0 aliphatic rings. The SMILES string of the molecule is CC(C)(O)c1csc(-c2c[nH]c3ccccc23)n1. The van der Waals surface area contributed by atoms with E-state index in [-0.39, 0.29) is 0 Å². The molecule has 0 saturated heterocycles. The minimum Gasteiger partial charge on any atom is -0.384 e. The van der Waals surface area contributed by atoms with Crippen molar-refractivity contribution in [2.75, 3.05) is 0 Å². The Bertz CT molecular complexity index is 691. The van der Waals surface area contributed by atoms with E-state index in [1.54, 1.807) is 25.2 Å². The van der Waals surface area contributed by atoms with E-state index in [9.17, 15) is 5.11 Å². The van der Waals surface area contributed by atoms with E-state index in [4.69, 9.17) is 0 Å². The smallest absolute Gasteiger partial charge is 0.125 e. The van der Waals surface area contributed by atoms with E-state index >= 15 is 0 Å². The van der Waals surface area contributed by atoms with Gasteiger partial charge in [-0.05, 0) is 19.9 Å². The molecular formula is C14H14N2OS. The molecule has 0 aliphatic heterocycles. The van der Waals surface area contributed by atoms with E-state index in [2.05, 4.69) is 16.0 Å². The predicted octanol–water partition coefficient (Wildman–Crippen LogP) is 3.52. The highest BCUT2D eigenvalue weighted by molar-refractivity contribution is 7.13. The van der Waals surface area contributed by atoms with Crippen LogP contribution in [0.5, 0.6) is 0 Å². The molecule has 0 fully saturated rings. The van der Waals surface area contributed by atoms with Crippen molar-refractivity contribution in [3.05, 3.63) is 41.5 Å². The molecule has 0 spiro atoms. The molecule has 0 amide bonds. The Morgan fingerprint density at radius 3 is 2.78 bits per heavy atom. The highest BCUT2D eigenvalue weighted by Gasteiger charge is 2.20. The van der Waals surface area contributed by atoms with Crippen LogP contribution in [0.1, 0.15) is 19.5 Å². The number of nitrogens with one attached hydrogen (secondary N) is 1. The number of aromatic amines is 1. The second-order valence-electron chi connectivity index (χ2n) is 4.84. The highest BCUT2D eigenvalue weighted by atomic mass is 32.1.